The van der Waals surface area contributed by atoms with Crippen molar-refractivity contribution in [3.8, 4) is 0 Å². The zero-order valence-corrected chi connectivity index (χ0v) is 12.3. The van der Waals surface area contributed by atoms with Gasteiger partial charge in [-0.1, -0.05) is 13.3 Å². The van der Waals surface area contributed by atoms with Crippen LogP contribution in [0.25, 0.3) is 10.2 Å². The van der Waals surface area contributed by atoms with E-state index in [1.807, 2.05) is 31.1 Å². The van der Waals surface area contributed by atoms with Crippen LogP contribution in [0.3, 0.4) is 0 Å². The van der Waals surface area contributed by atoms with Crippen LogP contribution in [-0.4, -0.2) is 30.2 Å². The second-order valence-corrected chi connectivity index (χ2v) is 5.74. The molecule has 0 aliphatic rings. The third-order valence-electron chi connectivity index (χ3n) is 3.01. The molecule has 0 saturated heterocycles. The Balaban J connectivity index is 2.53. The van der Waals surface area contributed by atoms with Gasteiger partial charge in [0.15, 0.2) is 0 Å². The molecule has 0 aliphatic heterocycles. The maximum Gasteiger partial charge on any atom is 0.348 e. The molecule has 0 radical (unpaired) electrons. The average molecular weight is 278 g/mol. The summed E-state index contributed by atoms with van der Waals surface area (Å²) in [4.78, 5) is 18.9. The number of carbonyl (C=O) groups is 1. The Morgan fingerprint density at radius 1 is 1.42 bits per heavy atom. The molecule has 0 amide bonds. The molecule has 0 saturated carbocycles. The quantitative estimate of drug-likeness (QED) is 0.910. The fraction of sp³-hybridized carbons (Fsp3) is 0.429. The van der Waals surface area contributed by atoms with E-state index in [4.69, 9.17) is 0 Å². The molecule has 0 aliphatic carbocycles. The highest BCUT2D eigenvalue weighted by molar-refractivity contribution is 7.21. The number of carboxylic acids is 1. The Labute approximate surface area is 116 Å². The molecule has 2 aromatic rings. The van der Waals surface area contributed by atoms with E-state index in [9.17, 15) is 9.90 Å². The van der Waals surface area contributed by atoms with E-state index in [1.54, 1.807) is 0 Å². The van der Waals surface area contributed by atoms with Crippen molar-refractivity contribution in [3.63, 3.8) is 0 Å². The van der Waals surface area contributed by atoms with Gasteiger partial charge in [0.2, 0.25) is 0 Å². The van der Waals surface area contributed by atoms with Crippen LogP contribution in [0, 0.1) is 0 Å². The normalized spacial score (nSPS) is 10.9. The van der Waals surface area contributed by atoms with Crippen molar-refractivity contribution in [2.45, 2.75) is 26.2 Å². The van der Waals surface area contributed by atoms with Crippen LogP contribution in [0.4, 0.5) is 5.69 Å². The minimum Gasteiger partial charge on any atom is -0.477 e. The van der Waals surface area contributed by atoms with E-state index in [1.165, 1.54) is 11.3 Å². The van der Waals surface area contributed by atoms with Crippen LogP contribution >= 0.6 is 11.3 Å². The van der Waals surface area contributed by atoms with E-state index < -0.39 is 5.97 Å². The van der Waals surface area contributed by atoms with Crippen molar-refractivity contribution in [1.29, 1.82) is 0 Å². The number of hydrogen-bond donors (Lipinski definition) is 1. The highest BCUT2D eigenvalue weighted by Crippen LogP contribution is 2.36. The molecule has 2 heterocycles. The first-order valence-electron chi connectivity index (χ1n) is 6.37. The van der Waals surface area contributed by atoms with Crippen LogP contribution in [0.5, 0.6) is 0 Å². The molecule has 19 heavy (non-hydrogen) atoms. The van der Waals surface area contributed by atoms with Gasteiger partial charge in [-0.2, -0.15) is 0 Å². The number of aromatic nitrogens is 1. The van der Waals surface area contributed by atoms with E-state index in [0.717, 1.165) is 40.9 Å². The van der Waals surface area contributed by atoms with Gasteiger partial charge in [-0.25, -0.2) is 9.78 Å². The molecule has 1 N–H and O–H groups in total. The number of thiophene rings is 1. The van der Waals surface area contributed by atoms with Crippen LogP contribution in [0.15, 0.2) is 12.1 Å². The highest BCUT2D eigenvalue weighted by atomic mass is 32.1. The lowest BCUT2D eigenvalue weighted by atomic mass is 10.1. The zero-order valence-electron chi connectivity index (χ0n) is 11.4. The van der Waals surface area contributed by atoms with Gasteiger partial charge in [0, 0.05) is 25.2 Å². The number of nitrogens with zero attached hydrogens (tertiary/aromatic N) is 2. The highest BCUT2D eigenvalue weighted by Gasteiger charge is 2.20. The lowest BCUT2D eigenvalue weighted by Gasteiger charge is -2.12. The Bertz CT molecular complexity index is 605. The topological polar surface area (TPSA) is 53.4 Å². The smallest absolute Gasteiger partial charge is 0.348 e. The Kier molecular flexibility index (Phi) is 4.04. The number of unbranched alkanes of at least 4 members (excludes halogenated alkanes) is 1. The fourth-order valence-electron chi connectivity index (χ4n) is 2.09. The average Bonchev–Trinajstić information content (AvgIpc) is 2.74. The molecule has 0 fully saturated rings. The number of anilines is 1. The second kappa shape index (κ2) is 5.57. The summed E-state index contributed by atoms with van der Waals surface area (Å²) in [6, 6.07) is 3.99. The molecule has 2 aromatic heterocycles. The molecule has 0 unspecified atom stereocenters. The number of aryl methyl sites for hydroxylation is 1. The number of fused-ring (bicyclic) bond motifs is 1. The summed E-state index contributed by atoms with van der Waals surface area (Å²) < 4.78 is 0. The summed E-state index contributed by atoms with van der Waals surface area (Å²) in [6.07, 6.45) is 3.19. The summed E-state index contributed by atoms with van der Waals surface area (Å²) in [5.41, 5.74) is 1.79. The second-order valence-electron chi connectivity index (χ2n) is 4.74. The third-order valence-corrected chi connectivity index (χ3v) is 4.09. The van der Waals surface area contributed by atoms with Crippen LogP contribution in [-0.2, 0) is 6.42 Å². The predicted molar refractivity (Wildman–Crippen MR) is 79.5 cm³/mol. The van der Waals surface area contributed by atoms with Crippen LogP contribution in [0.1, 0.15) is 35.1 Å². The van der Waals surface area contributed by atoms with Crippen molar-refractivity contribution < 1.29 is 9.90 Å². The fourth-order valence-corrected chi connectivity index (χ4v) is 3.20. The standard InChI is InChI=1S/C14H18N2O2S/c1-4-5-6-9-7-8-10-11(16(2)3)12(14(17)18)19-13(10)15-9/h7-8H,4-6H2,1-3H3,(H,17,18). The number of pyridine rings is 1. The maximum absolute atomic E-state index is 11.3. The van der Waals surface area contributed by atoms with E-state index in [-0.39, 0.29) is 0 Å². The van der Waals surface area contributed by atoms with Crippen molar-refractivity contribution >= 4 is 33.2 Å². The number of carboxylic acid groups (broad SMARTS) is 1. The van der Waals surface area contributed by atoms with Gasteiger partial charge >= 0.3 is 5.97 Å². The molecule has 5 heteroatoms. The largest absolute Gasteiger partial charge is 0.477 e. The van der Waals surface area contributed by atoms with Crippen LogP contribution < -0.4 is 4.90 Å². The zero-order chi connectivity index (χ0) is 14.0. The summed E-state index contributed by atoms with van der Waals surface area (Å²) in [5.74, 6) is -0.887. The van der Waals surface area contributed by atoms with E-state index in [2.05, 4.69) is 11.9 Å². The Morgan fingerprint density at radius 3 is 2.74 bits per heavy atom. The predicted octanol–water partition coefficient (Wildman–Crippen LogP) is 3.40. The minimum atomic E-state index is -0.887. The molecule has 2 rings (SSSR count). The summed E-state index contributed by atoms with van der Waals surface area (Å²) in [7, 11) is 3.72. The third kappa shape index (κ3) is 2.71. The van der Waals surface area contributed by atoms with Crippen molar-refractivity contribution in [2.75, 3.05) is 19.0 Å². The lowest BCUT2D eigenvalue weighted by Crippen LogP contribution is -2.11. The molecule has 0 aromatic carbocycles. The van der Waals surface area contributed by atoms with Gasteiger partial charge in [0.1, 0.15) is 9.71 Å². The monoisotopic (exact) mass is 278 g/mol. The minimum absolute atomic E-state index is 0.361. The van der Waals surface area contributed by atoms with E-state index >= 15 is 0 Å². The first-order valence-corrected chi connectivity index (χ1v) is 7.19. The van der Waals surface area contributed by atoms with Crippen molar-refractivity contribution in [2.24, 2.45) is 0 Å². The lowest BCUT2D eigenvalue weighted by molar-refractivity contribution is 0.0703. The van der Waals surface area contributed by atoms with Crippen molar-refractivity contribution in [3.05, 3.63) is 22.7 Å². The summed E-state index contributed by atoms with van der Waals surface area (Å²) >= 11 is 1.26. The Morgan fingerprint density at radius 2 is 2.16 bits per heavy atom. The van der Waals surface area contributed by atoms with Gasteiger partial charge in [-0.05, 0) is 25.0 Å². The first kappa shape index (κ1) is 13.8. The van der Waals surface area contributed by atoms with Gasteiger partial charge in [-0.3, -0.25) is 0 Å². The molecule has 4 nitrogen and oxygen atoms in total. The van der Waals surface area contributed by atoms with Gasteiger partial charge < -0.3 is 10.0 Å². The molecular weight excluding hydrogens is 260 g/mol. The number of hydrogen-bond acceptors (Lipinski definition) is 4. The Hall–Kier alpha value is -1.62. The van der Waals surface area contributed by atoms with Crippen LogP contribution in [0.2, 0.25) is 0 Å². The van der Waals surface area contributed by atoms with E-state index in [0.29, 0.717) is 4.88 Å². The number of rotatable bonds is 5. The number of aromatic carboxylic acids is 1. The summed E-state index contributed by atoms with van der Waals surface area (Å²) in [6.45, 7) is 2.15. The molecule has 102 valence electrons. The molecule has 0 atom stereocenters. The maximum atomic E-state index is 11.3. The van der Waals surface area contributed by atoms with Crippen molar-refractivity contribution in [1.82, 2.24) is 4.98 Å². The molecule has 0 spiro atoms. The van der Waals surface area contributed by atoms with Gasteiger partial charge in [-0.15, -0.1) is 11.3 Å². The first-order chi connectivity index (χ1) is 9.04. The SMILES string of the molecule is CCCCc1ccc2c(N(C)C)c(C(=O)O)sc2n1. The van der Waals surface area contributed by atoms with Gasteiger partial charge in [0.05, 0.1) is 5.69 Å². The van der Waals surface area contributed by atoms with Gasteiger partial charge in [0.25, 0.3) is 0 Å². The summed E-state index contributed by atoms with van der Waals surface area (Å²) in [5, 5.41) is 10.2. The molecular formula is C14H18N2O2S. The molecule has 0 bridgehead atoms.